The molecule has 150 valence electrons. The van der Waals surface area contributed by atoms with Crippen molar-refractivity contribution in [3.8, 4) is 0 Å². The van der Waals surface area contributed by atoms with Crippen molar-refractivity contribution < 1.29 is 9.59 Å². The van der Waals surface area contributed by atoms with Gasteiger partial charge in [0, 0.05) is 22.6 Å². The van der Waals surface area contributed by atoms with E-state index in [2.05, 4.69) is 36.9 Å². The number of nitrogens with zero attached hydrogens (tertiary/aromatic N) is 1. The number of aromatic nitrogens is 1. The molecule has 4 aromatic rings. The molecule has 0 spiro atoms. The number of hydrogen-bond donors (Lipinski definition) is 3. The summed E-state index contributed by atoms with van der Waals surface area (Å²) in [6, 6.07) is 16.7. The summed E-state index contributed by atoms with van der Waals surface area (Å²) in [5, 5.41) is 10.9. The van der Waals surface area contributed by atoms with Crippen molar-refractivity contribution in [2.45, 2.75) is 6.92 Å². The van der Waals surface area contributed by atoms with Crippen LogP contribution in [-0.2, 0) is 4.79 Å². The molecule has 4 rings (SSSR count). The third kappa shape index (κ3) is 4.33. The molecule has 0 saturated heterocycles. The lowest BCUT2D eigenvalue weighted by Crippen LogP contribution is -2.34. The Bertz CT molecular complexity index is 1320. The van der Waals surface area contributed by atoms with E-state index in [4.69, 9.17) is 12.2 Å². The highest BCUT2D eigenvalue weighted by molar-refractivity contribution is 9.10. The molecule has 2 amide bonds. The largest absolute Gasteiger partial charge is 0.326 e. The second-order valence-corrected chi connectivity index (χ2v) is 8.72. The van der Waals surface area contributed by atoms with Crippen molar-refractivity contribution in [1.29, 1.82) is 0 Å². The number of hydrogen-bond acceptors (Lipinski definition) is 5. The minimum absolute atomic E-state index is 0.137. The van der Waals surface area contributed by atoms with Gasteiger partial charge < -0.3 is 10.6 Å². The average Bonchev–Trinajstić information content (AvgIpc) is 3.08. The van der Waals surface area contributed by atoms with E-state index in [-0.39, 0.29) is 16.9 Å². The molecule has 3 N–H and O–H groups in total. The zero-order chi connectivity index (χ0) is 21.3. The first kappa shape index (κ1) is 20.4. The van der Waals surface area contributed by atoms with Gasteiger partial charge in [0.2, 0.25) is 5.91 Å². The molecular formula is C21H15BrN4O2S2. The van der Waals surface area contributed by atoms with E-state index in [1.807, 2.05) is 42.5 Å². The van der Waals surface area contributed by atoms with Crippen LogP contribution in [0.3, 0.4) is 0 Å². The Balaban J connectivity index is 1.50. The van der Waals surface area contributed by atoms with Crippen LogP contribution in [0, 0.1) is 0 Å². The lowest BCUT2D eigenvalue weighted by atomic mass is 10.0. The first-order valence-corrected chi connectivity index (χ1v) is 10.9. The summed E-state index contributed by atoms with van der Waals surface area (Å²) < 4.78 is 1.81. The maximum atomic E-state index is 12.8. The molecule has 0 aliphatic heterocycles. The highest BCUT2D eigenvalue weighted by Crippen LogP contribution is 2.29. The van der Waals surface area contributed by atoms with Gasteiger partial charge in [-0.05, 0) is 53.3 Å². The Morgan fingerprint density at radius 3 is 2.60 bits per heavy atom. The third-order valence-electron chi connectivity index (χ3n) is 4.27. The van der Waals surface area contributed by atoms with Crippen LogP contribution in [0.4, 0.5) is 10.8 Å². The molecule has 0 saturated carbocycles. The first-order chi connectivity index (χ1) is 14.4. The number of nitrogens with one attached hydrogen (secondary N) is 3. The van der Waals surface area contributed by atoms with Crippen molar-refractivity contribution in [1.82, 2.24) is 10.3 Å². The fraction of sp³-hybridized carbons (Fsp3) is 0.0476. The molecule has 0 unspecified atom stereocenters. The van der Waals surface area contributed by atoms with Gasteiger partial charge in [-0.25, -0.2) is 4.98 Å². The van der Waals surface area contributed by atoms with Crippen molar-refractivity contribution >= 4 is 88.2 Å². The van der Waals surface area contributed by atoms with Gasteiger partial charge in [0.1, 0.15) is 0 Å². The first-order valence-electron chi connectivity index (χ1n) is 8.88. The number of halogens is 1. The van der Waals surface area contributed by atoms with Gasteiger partial charge in [-0.2, -0.15) is 0 Å². The predicted octanol–water partition coefficient (Wildman–Crippen LogP) is 5.30. The van der Waals surface area contributed by atoms with Crippen LogP contribution in [0.1, 0.15) is 17.3 Å². The van der Waals surface area contributed by atoms with Gasteiger partial charge in [-0.1, -0.05) is 51.5 Å². The van der Waals surface area contributed by atoms with Crippen molar-refractivity contribution in [3.63, 3.8) is 0 Å². The fourth-order valence-corrected chi connectivity index (χ4v) is 4.69. The quantitative estimate of drug-likeness (QED) is 0.334. The molecule has 1 heterocycles. The van der Waals surface area contributed by atoms with Crippen LogP contribution in [-0.4, -0.2) is 21.9 Å². The van der Waals surface area contributed by atoms with Gasteiger partial charge in [0.25, 0.3) is 5.91 Å². The van der Waals surface area contributed by atoms with E-state index in [0.717, 1.165) is 25.5 Å². The summed E-state index contributed by atoms with van der Waals surface area (Å²) in [5.41, 5.74) is 2.00. The van der Waals surface area contributed by atoms with Crippen LogP contribution in [0.2, 0.25) is 0 Å². The number of carbonyl (C=O) groups excluding carboxylic acids is 2. The Labute approximate surface area is 189 Å². The third-order valence-corrected chi connectivity index (χ3v) is 6.10. The summed E-state index contributed by atoms with van der Waals surface area (Å²) in [4.78, 5) is 28.5. The van der Waals surface area contributed by atoms with E-state index in [0.29, 0.717) is 16.4 Å². The minimum atomic E-state index is -0.301. The molecule has 0 radical (unpaired) electrons. The lowest BCUT2D eigenvalue weighted by Gasteiger charge is -2.10. The van der Waals surface area contributed by atoms with Crippen LogP contribution in [0.15, 0.2) is 59.1 Å². The summed E-state index contributed by atoms with van der Waals surface area (Å²) in [6.07, 6.45) is 0. The van der Waals surface area contributed by atoms with Crippen molar-refractivity contribution in [2.24, 2.45) is 0 Å². The molecule has 0 aliphatic carbocycles. The number of thiazole rings is 1. The van der Waals surface area contributed by atoms with Gasteiger partial charge in [-0.3, -0.25) is 14.9 Å². The smallest absolute Gasteiger partial charge is 0.258 e. The summed E-state index contributed by atoms with van der Waals surface area (Å²) in [5.74, 6) is -0.438. The number of anilines is 2. The number of benzene rings is 3. The van der Waals surface area contributed by atoms with Gasteiger partial charge in [0.05, 0.1) is 10.2 Å². The molecular weight excluding hydrogens is 484 g/mol. The van der Waals surface area contributed by atoms with Crippen LogP contribution >= 0.6 is 39.5 Å². The second kappa shape index (κ2) is 8.47. The number of carbonyl (C=O) groups is 2. The topological polar surface area (TPSA) is 83.1 Å². The number of rotatable bonds is 3. The molecule has 0 fully saturated rings. The number of thiocarbonyl (C=S) groups is 1. The molecule has 30 heavy (non-hydrogen) atoms. The van der Waals surface area contributed by atoms with Crippen molar-refractivity contribution in [3.05, 3.63) is 64.6 Å². The van der Waals surface area contributed by atoms with Gasteiger partial charge in [0.15, 0.2) is 10.2 Å². The van der Waals surface area contributed by atoms with Crippen LogP contribution in [0.5, 0.6) is 0 Å². The zero-order valence-corrected chi connectivity index (χ0v) is 18.9. The predicted molar refractivity (Wildman–Crippen MR) is 129 cm³/mol. The summed E-state index contributed by atoms with van der Waals surface area (Å²) >= 11 is 10.2. The number of amides is 2. The maximum Gasteiger partial charge on any atom is 0.258 e. The molecule has 0 aliphatic rings. The maximum absolute atomic E-state index is 12.8. The van der Waals surface area contributed by atoms with Gasteiger partial charge >= 0.3 is 0 Å². The van der Waals surface area contributed by atoms with Crippen molar-refractivity contribution in [2.75, 3.05) is 10.6 Å². The van der Waals surface area contributed by atoms with Gasteiger partial charge in [-0.15, -0.1) is 0 Å². The fourth-order valence-electron chi connectivity index (χ4n) is 3.03. The van der Waals surface area contributed by atoms with Crippen LogP contribution in [0.25, 0.3) is 21.0 Å². The molecule has 3 aromatic carbocycles. The molecule has 0 bridgehead atoms. The molecule has 1 aromatic heterocycles. The number of fused-ring (bicyclic) bond motifs is 2. The van der Waals surface area contributed by atoms with E-state index < -0.39 is 0 Å². The average molecular weight is 499 g/mol. The Hall–Kier alpha value is -2.88. The molecule has 6 nitrogen and oxygen atoms in total. The monoisotopic (exact) mass is 498 g/mol. The van der Waals surface area contributed by atoms with E-state index in [1.54, 1.807) is 12.1 Å². The Morgan fingerprint density at radius 1 is 1.03 bits per heavy atom. The highest BCUT2D eigenvalue weighted by atomic mass is 79.9. The van der Waals surface area contributed by atoms with E-state index in [1.165, 1.54) is 18.3 Å². The highest BCUT2D eigenvalue weighted by Gasteiger charge is 2.14. The van der Waals surface area contributed by atoms with E-state index in [9.17, 15) is 9.59 Å². The van der Waals surface area contributed by atoms with E-state index >= 15 is 0 Å². The Kier molecular flexibility index (Phi) is 5.76. The molecule has 9 heteroatoms. The standard InChI is InChI=1S/C21H15BrN4O2S2/c1-11(27)23-12-8-9-17-18(10-12)30-21(24-17)26-20(29)25-19(28)15-6-2-5-14-13(15)4-3-7-16(14)22/h2-10H,1H3,(H,23,27)(H2,24,25,26,28,29). The molecule has 0 atom stereocenters. The second-order valence-electron chi connectivity index (χ2n) is 6.43. The summed E-state index contributed by atoms with van der Waals surface area (Å²) in [7, 11) is 0. The normalized spacial score (nSPS) is 10.7. The zero-order valence-electron chi connectivity index (χ0n) is 15.7. The van der Waals surface area contributed by atoms with Crippen LogP contribution < -0.4 is 16.0 Å². The lowest BCUT2D eigenvalue weighted by molar-refractivity contribution is -0.114. The Morgan fingerprint density at radius 2 is 1.80 bits per heavy atom. The summed E-state index contributed by atoms with van der Waals surface area (Å²) in [6.45, 7) is 1.46. The SMILES string of the molecule is CC(=O)Nc1ccc2nc(NC(=S)NC(=O)c3cccc4c(Br)cccc34)sc2c1. The minimum Gasteiger partial charge on any atom is -0.326 e.